The highest BCUT2D eigenvalue weighted by atomic mass is 127. The molecular formula is C20H23IN4. The molecule has 1 N–H and O–H groups in total. The van der Waals surface area contributed by atoms with E-state index in [1.807, 2.05) is 54.6 Å². The summed E-state index contributed by atoms with van der Waals surface area (Å²) in [6.07, 6.45) is 3.35. The number of anilines is 2. The molecule has 2 aromatic carbocycles. The smallest absolute Gasteiger partial charge is 0.115 e. The van der Waals surface area contributed by atoms with Crippen molar-refractivity contribution in [3.05, 3.63) is 66.4 Å². The molecule has 1 atom stereocenters. The lowest BCUT2D eigenvalue weighted by Gasteiger charge is -2.12. The normalized spacial score (nSPS) is 18.2. The zero-order valence-electron chi connectivity index (χ0n) is 14.8. The zero-order chi connectivity index (χ0) is 17.6. The molecule has 1 aliphatic heterocycles. The van der Waals surface area contributed by atoms with Gasteiger partial charge in [-0.1, -0.05) is 31.2 Å². The predicted octanol–water partition coefficient (Wildman–Crippen LogP) is 6.40. The molecule has 5 heteroatoms. The first kappa shape index (κ1) is 17.8. The Morgan fingerprint density at radius 1 is 1.00 bits per heavy atom. The SMILES string of the molecule is CC1=CCC(C)C(N=Nc2ccc(Nc3ccccc3)cc2)=IN1C. The summed E-state index contributed by atoms with van der Waals surface area (Å²) in [4.78, 5) is 0. The summed E-state index contributed by atoms with van der Waals surface area (Å²) < 4.78 is 3.57. The van der Waals surface area contributed by atoms with Gasteiger partial charge in [0.25, 0.3) is 0 Å². The van der Waals surface area contributed by atoms with Crippen LogP contribution in [0.25, 0.3) is 0 Å². The Labute approximate surface area is 159 Å². The monoisotopic (exact) mass is 446 g/mol. The van der Waals surface area contributed by atoms with E-state index in [4.69, 9.17) is 0 Å². The van der Waals surface area contributed by atoms with Crippen LogP contribution >= 0.6 is 21.0 Å². The van der Waals surface area contributed by atoms with Crippen molar-refractivity contribution >= 4 is 41.7 Å². The maximum absolute atomic E-state index is 4.59. The van der Waals surface area contributed by atoms with Crippen LogP contribution in [0.5, 0.6) is 0 Å². The third-order valence-electron chi connectivity index (χ3n) is 4.06. The van der Waals surface area contributed by atoms with E-state index in [1.165, 1.54) is 9.33 Å². The number of benzene rings is 2. The lowest BCUT2D eigenvalue weighted by Crippen LogP contribution is -2.05. The zero-order valence-corrected chi connectivity index (χ0v) is 16.9. The molecule has 0 bridgehead atoms. The van der Waals surface area contributed by atoms with Gasteiger partial charge in [-0.05, 0) is 49.7 Å². The van der Waals surface area contributed by atoms with Crippen LogP contribution in [-0.2, 0) is 0 Å². The predicted molar refractivity (Wildman–Crippen MR) is 115 cm³/mol. The molecule has 130 valence electrons. The number of allylic oxidation sites excluding steroid dienone is 2. The lowest BCUT2D eigenvalue weighted by atomic mass is 10.1. The topological polar surface area (TPSA) is 40.0 Å². The fourth-order valence-electron chi connectivity index (χ4n) is 2.37. The van der Waals surface area contributed by atoms with Crippen LogP contribution in [0.3, 0.4) is 0 Å². The second-order valence-electron chi connectivity index (χ2n) is 6.10. The van der Waals surface area contributed by atoms with Crippen molar-refractivity contribution in [3.63, 3.8) is 0 Å². The molecule has 0 spiro atoms. The summed E-state index contributed by atoms with van der Waals surface area (Å²) in [5.41, 5.74) is 4.36. The molecule has 0 aliphatic carbocycles. The van der Waals surface area contributed by atoms with Crippen molar-refractivity contribution in [2.24, 2.45) is 16.1 Å². The number of hydrogen-bond acceptors (Lipinski definition) is 4. The van der Waals surface area contributed by atoms with Crippen molar-refractivity contribution in [1.82, 2.24) is 3.11 Å². The van der Waals surface area contributed by atoms with Gasteiger partial charge in [0.2, 0.25) is 0 Å². The quantitative estimate of drug-likeness (QED) is 0.335. The molecule has 0 fully saturated rings. The molecule has 1 unspecified atom stereocenters. The summed E-state index contributed by atoms with van der Waals surface area (Å²) in [5, 5.41) is 12.4. The van der Waals surface area contributed by atoms with Crippen LogP contribution in [-0.4, -0.2) is 13.8 Å². The molecule has 0 aromatic heterocycles. The summed E-state index contributed by atoms with van der Waals surface area (Å²) in [7, 11) is 2.15. The number of nitrogens with one attached hydrogen (secondary N) is 1. The highest BCUT2D eigenvalue weighted by Crippen LogP contribution is 2.27. The van der Waals surface area contributed by atoms with Crippen LogP contribution in [0.1, 0.15) is 20.3 Å². The first-order valence-electron chi connectivity index (χ1n) is 8.38. The summed E-state index contributed by atoms with van der Waals surface area (Å²) in [6, 6.07) is 18.2. The summed E-state index contributed by atoms with van der Waals surface area (Å²) >= 11 is -0.252. The van der Waals surface area contributed by atoms with Crippen molar-refractivity contribution in [1.29, 1.82) is 0 Å². The van der Waals surface area contributed by atoms with Crippen LogP contribution < -0.4 is 5.32 Å². The number of rotatable bonds is 4. The van der Waals surface area contributed by atoms with Crippen LogP contribution in [0, 0.1) is 5.92 Å². The minimum atomic E-state index is -0.252. The molecule has 2 aromatic rings. The van der Waals surface area contributed by atoms with Crippen molar-refractivity contribution in [3.8, 4) is 0 Å². The molecule has 0 amide bonds. The van der Waals surface area contributed by atoms with E-state index in [-0.39, 0.29) is 21.0 Å². The molecular weight excluding hydrogens is 423 g/mol. The van der Waals surface area contributed by atoms with E-state index in [0.717, 1.165) is 23.5 Å². The third kappa shape index (κ3) is 4.98. The maximum atomic E-state index is 4.59. The molecule has 3 rings (SSSR count). The summed E-state index contributed by atoms with van der Waals surface area (Å²) in [6.45, 7) is 4.41. The van der Waals surface area contributed by atoms with Gasteiger partial charge in [-0.3, -0.25) is 0 Å². The minimum absolute atomic E-state index is 0.252. The average molecular weight is 446 g/mol. The van der Waals surface area contributed by atoms with E-state index >= 15 is 0 Å². The number of para-hydroxylation sites is 1. The van der Waals surface area contributed by atoms with Crippen molar-refractivity contribution in [2.75, 3.05) is 12.4 Å². The van der Waals surface area contributed by atoms with Crippen molar-refractivity contribution in [2.45, 2.75) is 20.3 Å². The number of halogens is 1. The Hall–Kier alpha value is -2.02. The third-order valence-corrected chi connectivity index (χ3v) is 7.32. The van der Waals surface area contributed by atoms with Gasteiger partial charge in [0.1, 0.15) is 3.63 Å². The fraction of sp³-hybridized carbons (Fsp3) is 0.250. The first-order valence-corrected chi connectivity index (χ1v) is 10.4. The molecule has 0 saturated carbocycles. The van der Waals surface area contributed by atoms with Gasteiger partial charge in [0, 0.05) is 51.0 Å². The largest absolute Gasteiger partial charge is 0.356 e. The molecule has 0 saturated heterocycles. The Bertz CT molecular complexity index is 794. The minimum Gasteiger partial charge on any atom is -0.356 e. The number of hydrogen-bond donors (Lipinski definition) is 1. The van der Waals surface area contributed by atoms with E-state index in [0.29, 0.717) is 5.92 Å². The van der Waals surface area contributed by atoms with E-state index in [1.54, 1.807) is 0 Å². The Kier molecular flexibility index (Phi) is 5.96. The van der Waals surface area contributed by atoms with Gasteiger partial charge < -0.3 is 8.43 Å². The van der Waals surface area contributed by atoms with Crippen LogP contribution in [0.2, 0.25) is 0 Å². The highest BCUT2D eigenvalue weighted by Gasteiger charge is 2.14. The van der Waals surface area contributed by atoms with Gasteiger partial charge in [0.15, 0.2) is 0 Å². The van der Waals surface area contributed by atoms with Crippen LogP contribution in [0.4, 0.5) is 17.1 Å². The first-order chi connectivity index (χ1) is 12.1. The number of nitrogens with zero attached hydrogens (tertiary/aromatic N) is 3. The Morgan fingerprint density at radius 3 is 2.40 bits per heavy atom. The van der Waals surface area contributed by atoms with Gasteiger partial charge >= 0.3 is 0 Å². The van der Waals surface area contributed by atoms with E-state index in [9.17, 15) is 0 Å². The Balaban J connectivity index is 1.69. The highest BCUT2D eigenvalue weighted by molar-refractivity contribution is 14.2. The second kappa shape index (κ2) is 8.38. The fourth-order valence-corrected chi connectivity index (χ4v) is 4.62. The van der Waals surface area contributed by atoms with E-state index < -0.39 is 0 Å². The van der Waals surface area contributed by atoms with Crippen LogP contribution in [0.15, 0.2) is 76.6 Å². The van der Waals surface area contributed by atoms with Gasteiger partial charge in [0.05, 0.1) is 5.69 Å². The molecule has 4 nitrogen and oxygen atoms in total. The van der Waals surface area contributed by atoms with Gasteiger partial charge in [-0.25, -0.2) is 0 Å². The maximum Gasteiger partial charge on any atom is 0.115 e. The van der Waals surface area contributed by atoms with Gasteiger partial charge in [-0.2, -0.15) is 5.11 Å². The molecule has 1 heterocycles. The summed E-state index contributed by atoms with van der Waals surface area (Å²) in [5.74, 6) is 0.468. The average Bonchev–Trinajstić information content (AvgIpc) is 2.75. The van der Waals surface area contributed by atoms with Crippen molar-refractivity contribution < 1.29 is 0 Å². The standard InChI is InChI=1S/C20H23IN4/c1-15-9-10-16(2)25(3)21-20(15)24-23-19-13-11-18(12-14-19)22-17-7-5-4-6-8-17/h4-8,10-15,22H,9H2,1-3H3. The Morgan fingerprint density at radius 2 is 1.68 bits per heavy atom. The van der Waals surface area contributed by atoms with Gasteiger partial charge in [-0.15, -0.1) is 5.11 Å². The molecule has 25 heavy (non-hydrogen) atoms. The lowest BCUT2D eigenvalue weighted by molar-refractivity contribution is 0.728. The molecule has 1 aliphatic rings. The number of azo groups is 1. The molecule has 0 radical (unpaired) electrons. The van der Waals surface area contributed by atoms with E-state index in [2.05, 4.69) is 45.6 Å². The second-order valence-corrected chi connectivity index (χ2v) is 9.14.